The van der Waals surface area contributed by atoms with Gasteiger partial charge >= 0.3 is 0 Å². The van der Waals surface area contributed by atoms with Gasteiger partial charge in [0.25, 0.3) is 5.91 Å². The van der Waals surface area contributed by atoms with Gasteiger partial charge in [0.2, 0.25) is 0 Å². The second kappa shape index (κ2) is 6.50. The van der Waals surface area contributed by atoms with Crippen molar-refractivity contribution in [3.05, 3.63) is 47.2 Å². The third-order valence-corrected chi connectivity index (χ3v) is 4.25. The van der Waals surface area contributed by atoms with Crippen molar-refractivity contribution in [2.45, 2.75) is 18.9 Å². The molecule has 0 radical (unpaired) electrons. The Balaban J connectivity index is 1.77. The molecule has 1 amide bonds. The summed E-state index contributed by atoms with van der Waals surface area (Å²) in [5.74, 6) is 0.0354. The predicted molar refractivity (Wildman–Crippen MR) is 86.6 cm³/mol. The lowest BCUT2D eigenvalue weighted by Gasteiger charge is -2.32. The van der Waals surface area contributed by atoms with Crippen molar-refractivity contribution >= 4 is 17.5 Å². The third-order valence-electron chi connectivity index (χ3n) is 4.02. The van der Waals surface area contributed by atoms with Crippen molar-refractivity contribution in [1.82, 2.24) is 20.0 Å². The van der Waals surface area contributed by atoms with E-state index in [-0.39, 0.29) is 5.91 Å². The van der Waals surface area contributed by atoms with E-state index in [2.05, 4.69) is 10.4 Å². The fourth-order valence-electron chi connectivity index (χ4n) is 2.77. The maximum absolute atomic E-state index is 12.6. The van der Waals surface area contributed by atoms with E-state index in [9.17, 15) is 4.79 Å². The van der Waals surface area contributed by atoms with E-state index in [0.29, 0.717) is 16.6 Å². The molecule has 1 fully saturated rings. The van der Waals surface area contributed by atoms with Crippen molar-refractivity contribution in [2.24, 2.45) is 0 Å². The van der Waals surface area contributed by atoms with Crippen molar-refractivity contribution in [3.8, 4) is 5.69 Å². The lowest BCUT2D eigenvalue weighted by atomic mass is 10.1. The van der Waals surface area contributed by atoms with Gasteiger partial charge in [-0.3, -0.25) is 4.79 Å². The molecule has 1 N–H and O–H groups in total. The number of hydrogen-bond acceptors (Lipinski definition) is 3. The second-order valence-corrected chi connectivity index (χ2v) is 5.97. The smallest absolute Gasteiger partial charge is 0.257 e. The van der Waals surface area contributed by atoms with Crippen LogP contribution in [0.3, 0.4) is 0 Å². The van der Waals surface area contributed by atoms with E-state index in [0.717, 1.165) is 31.6 Å². The molecule has 3 rings (SSSR count). The van der Waals surface area contributed by atoms with Crippen molar-refractivity contribution in [2.75, 3.05) is 20.1 Å². The Labute approximate surface area is 134 Å². The van der Waals surface area contributed by atoms with Gasteiger partial charge in [0, 0.05) is 30.4 Å². The quantitative estimate of drug-likeness (QED) is 0.945. The summed E-state index contributed by atoms with van der Waals surface area (Å²) in [6, 6.07) is 7.78. The molecule has 1 aliphatic heterocycles. The van der Waals surface area contributed by atoms with Crippen LogP contribution in [0, 0.1) is 0 Å². The number of carbonyl (C=O) groups excluding carboxylic acids is 1. The predicted octanol–water partition coefficient (Wildman–Crippen LogP) is 2.35. The molecule has 2 heterocycles. The highest BCUT2D eigenvalue weighted by atomic mass is 35.5. The van der Waals surface area contributed by atoms with Crippen LogP contribution in [0.4, 0.5) is 0 Å². The first-order valence-electron chi connectivity index (χ1n) is 7.44. The third kappa shape index (κ3) is 3.15. The number of likely N-dealkylation sites (tertiary alicyclic amines) is 1. The molecule has 0 aliphatic carbocycles. The highest BCUT2D eigenvalue weighted by Crippen LogP contribution is 2.17. The number of nitrogens with one attached hydrogen (secondary N) is 1. The number of amides is 1. The zero-order valence-electron chi connectivity index (χ0n) is 12.5. The number of piperidine rings is 1. The molecule has 1 aliphatic rings. The SMILES string of the molecule is CNC1CCCN(C(=O)c2cnn(-c3cccc(Cl)c3)c2)C1. The normalized spacial score (nSPS) is 18.5. The van der Waals surface area contributed by atoms with E-state index in [1.54, 1.807) is 17.1 Å². The standard InChI is InChI=1S/C16H19ClN4O/c1-18-14-5-3-7-20(11-14)16(22)12-9-19-21(10-12)15-6-2-4-13(17)8-15/h2,4,6,8-10,14,18H,3,5,7,11H2,1H3. The Morgan fingerprint density at radius 1 is 1.45 bits per heavy atom. The molecule has 2 aromatic rings. The van der Waals surface area contributed by atoms with Crippen molar-refractivity contribution < 1.29 is 4.79 Å². The van der Waals surface area contributed by atoms with Gasteiger partial charge in [-0.1, -0.05) is 17.7 Å². The Kier molecular flexibility index (Phi) is 4.45. The van der Waals surface area contributed by atoms with Gasteiger partial charge in [-0.15, -0.1) is 0 Å². The maximum Gasteiger partial charge on any atom is 0.257 e. The number of aromatic nitrogens is 2. The minimum Gasteiger partial charge on any atom is -0.337 e. The summed E-state index contributed by atoms with van der Waals surface area (Å²) in [7, 11) is 1.94. The number of hydrogen-bond donors (Lipinski definition) is 1. The summed E-state index contributed by atoms with van der Waals surface area (Å²) in [6.45, 7) is 1.55. The highest BCUT2D eigenvalue weighted by molar-refractivity contribution is 6.30. The molecule has 6 heteroatoms. The molecular weight excluding hydrogens is 300 g/mol. The average Bonchev–Trinajstić information content (AvgIpc) is 3.04. The van der Waals surface area contributed by atoms with Crippen LogP contribution in [-0.4, -0.2) is 46.8 Å². The number of carbonyl (C=O) groups is 1. The molecule has 116 valence electrons. The molecule has 22 heavy (non-hydrogen) atoms. The highest BCUT2D eigenvalue weighted by Gasteiger charge is 2.24. The van der Waals surface area contributed by atoms with Crippen LogP contribution in [0.5, 0.6) is 0 Å². The number of likely N-dealkylation sites (N-methyl/N-ethyl adjacent to an activating group) is 1. The van der Waals surface area contributed by atoms with Crippen LogP contribution in [0.2, 0.25) is 5.02 Å². The number of benzene rings is 1. The first-order valence-corrected chi connectivity index (χ1v) is 7.82. The molecule has 0 spiro atoms. The zero-order chi connectivity index (χ0) is 15.5. The van der Waals surface area contributed by atoms with Crippen LogP contribution in [0.25, 0.3) is 5.69 Å². The number of nitrogens with zero attached hydrogens (tertiary/aromatic N) is 3. The van der Waals surface area contributed by atoms with Gasteiger partial charge in [-0.25, -0.2) is 4.68 Å². The Hall–Kier alpha value is -1.85. The molecule has 1 unspecified atom stereocenters. The Morgan fingerprint density at radius 3 is 3.09 bits per heavy atom. The van der Waals surface area contributed by atoms with Crippen LogP contribution in [0.1, 0.15) is 23.2 Å². The van der Waals surface area contributed by atoms with Crippen LogP contribution in [-0.2, 0) is 0 Å². The molecule has 1 aromatic carbocycles. The van der Waals surface area contributed by atoms with E-state index < -0.39 is 0 Å². The topological polar surface area (TPSA) is 50.2 Å². The van der Waals surface area contributed by atoms with Crippen LogP contribution < -0.4 is 5.32 Å². The van der Waals surface area contributed by atoms with Gasteiger partial charge in [0.15, 0.2) is 0 Å². The maximum atomic E-state index is 12.6. The molecule has 1 atom stereocenters. The summed E-state index contributed by atoms with van der Waals surface area (Å²) in [4.78, 5) is 14.5. The van der Waals surface area contributed by atoms with E-state index in [1.807, 2.05) is 36.2 Å². The monoisotopic (exact) mass is 318 g/mol. The molecule has 1 aromatic heterocycles. The van der Waals surface area contributed by atoms with E-state index >= 15 is 0 Å². The largest absolute Gasteiger partial charge is 0.337 e. The summed E-state index contributed by atoms with van der Waals surface area (Å²) >= 11 is 5.99. The average molecular weight is 319 g/mol. The lowest BCUT2D eigenvalue weighted by Crippen LogP contribution is -2.46. The fraction of sp³-hybridized carbons (Fsp3) is 0.375. The Bertz CT molecular complexity index is 670. The van der Waals surface area contributed by atoms with Gasteiger partial charge in [0.05, 0.1) is 17.4 Å². The molecule has 1 saturated heterocycles. The number of rotatable bonds is 3. The molecular formula is C16H19ClN4O. The summed E-state index contributed by atoms with van der Waals surface area (Å²) in [6.07, 6.45) is 5.52. The van der Waals surface area contributed by atoms with E-state index in [1.165, 1.54) is 0 Å². The van der Waals surface area contributed by atoms with Crippen molar-refractivity contribution in [3.63, 3.8) is 0 Å². The van der Waals surface area contributed by atoms with Gasteiger partial charge in [-0.2, -0.15) is 5.10 Å². The first kappa shape index (κ1) is 15.1. The molecule has 0 bridgehead atoms. The lowest BCUT2D eigenvalue weighted by molar-refractivity contribution is 0.0698. The van der Waals surface area contributed by atoms with Crippen LogP contribution >= 0.6 is 11.6 Å². The molecule has 5 nitrogen and oxygen atoms in total. The Morgan fingerprint density at radius 2 is 2.32 bits per heavy atom. The summed E-state index contributed by atoms with van der Waals surface area (Å²) < 4.78 is 1.68. The summed E-state index contributed by atoms with van der Waals surface area (Å²) in [5, 5.41) is 8.17. The fourth-order valence-corrected chi connectivity index (χ4v) is 2.96. The number of halogens is 1. The second-order valence-electron chi connectivity index (χ2n) is 5.53. The first-order chi connectivity index (χ1) is 10.7. The molecule has 0 saturated carbocycles. The summed E-state index contributed by atoms with van der Waals surface area (Å²) in [5.41, 5.74) is 1.45. The van der Waals surface area contributed by atoms with Crippen molar-refractivity contribution in [1.29, 1.82) is 0 Å². The van der Waals surface area contributed by atoms with E-state index in [4.69, 9.17) is 11.6 Å². The van der Waals surface area contributed by atoms with Gasteiger partial charge < -0.3 is 10.2 Å². The van der Waals surface area contributed by atoms with Gasteiger partial charge in [0.1, 0.15) is 0 Å². The minimum atomic E-state index is 0.0354. The zero-order valence-corrected chi connectivity index (χ0v) is 13.3. The minimum absolute atomic E-state index is 0.0354. The van der Waals surface area contributed by atoms with Gasteiger partial charge in [-0.05, 0) is 38.1 Å². The van der Waals surface area contributed by atoms with Crippen LogP contribution in [0.15, 0.2) is 36.7 Å².